The van der Waals surface area contributed by atoms with Gasteiger partial charge in [0.1, 0.15) is 0 Å². The van der Waals surface area contributed by atoms with E-state index >= 15 is 0 Å². The summed E-state index contributed by atoms with van der Waals surface area (Å²) in [6, 6.07) is 14.9. The van der Waals surface area contributed by atoms with Gasteiger partial charge in [0.25, 0.3) is 0 Å². The van der Waals surface area contributed by atoms with E-state index in [1.165, 1.54) is 66.1 Å². The second-order valence-corrected chi connectivity index (χ2v) is 10.1. The quantitative estimate of drug-likeness (QED) is 0.675. The lowest BCUT2D eigenvalue weighted by atomic mass is 10.4. The van der Waals surface area contributed by atoms with Crippen molar-refractivity contribution in [3.63, 3.8) is 0 Å². The van der Waals surface area contributed by atoms with Crippen LogP contribution in [0, 0.1) is 0 Å². The van der Waals surface area contributed by atoms with Gasteiger partial charge in [0.05, 0.1) is 9.79 Å². The molecule has 0 aliphatic carbocycles. The van der Waals surface area contributed by atoms with E-state index in [1.54, 1.807) is 17.5 Å². The third kappa shape index (κ3) is 3.69. The largest absolute Gasteiger partial charge is 0.336 e. The van der Waals surface area contributed by atoms with Crippen LogP contribution in [0.4, 0.5) is 5.13 Å². The number of rotatable bonds is 6. The van der Waals surface area contributed by atoms with E-state index in [1.807, 2.05) is 0 Å². The van der Waals surface area contributed by atoms with Gasteiger partial charge in [-0.25, -0.2) is 21.8 Å². The lowest BCUT2D eigenvalue weighted by Gasteiger charge is -2.11. The molecule has 3 rings (SSSR count). The maximum atomic E-state index is 13.0. The van der Waals surface area contributed by atoms with Crippen LogP contribution in [-0.4, -0.2) is 21.8 Å². The van der Waals surface area contributed by atoms with E-state index < -0.39 is 23.9 Å². The molecule has 0 saturated heterocycles. The van der Waals surface area contributed by atoms with Gasteiger partial charge in [-0.05, 0) is 24.3 Å². The molecule has 1 N–H and O–H groups in total. The molecule has 0 aliphatic rings. The minimum atomic E-state index is -4.27. The third-order valence-electron chi connectivity index (χ3n) is 3.38. The Kier molecular flexibility index (Phi) is 5.21. The summed E-state index contributed by atoms with van der Waals surface area (Å²) in [5.41, 5.74) is 0. The van der Waals surface area contributed by atoms with Crippen LogP contribution in [0.3, 0.4) is 0 Å². The Morgan fingerprint density at radius 3 is 1.77 bits per heavy atom. The lowest BCUT2D eigenvalue weighted by Crippen LogP contribution is -2.16. The molecule has 0 unspecified atom stereocenters. The third-order valence-corrected chi connectivity index (χ3v) is 8.48. The Hall–Kier alpha value is -2.49. The van der Waals surface area contributed by atoms with Crippen molar-refractivity contribution in [2.45, 2.75) is 9.79 Å². The van der Waals surface area contributed by atoms with Crippen molar-refractivity contribution in [2.75, 3.05) is 5.32 Å². The summed E-state index contributed by atoms with van der Waals surface area (Å²) in [5.74, 6) is 0. The van der Waals surface area contributed by atoms with Gasteiger partial charge in [-0.3, -0.25) is 0 Å². The molecule has 0 saturated carbocycles. The maximum Gasteiger partial charge on any atom is 0.219 e. The molecule has 6 nitrogen and oxygen atoms in total. The summed E-state index contributed by atoms with van der Waals surface area (Å²) >= 11 is 1.22. The van der Waals surface area contributed by atoms with Crippen LogP contribution < -0.4 is 5.32 Å². The van der Waals surface area contributed by atoms with Gasteiger partial charge >= 0.3 is 0 Å². The highest BCUT2D eigenvalue weighted by Crippen LogP contribution is 2.29. The first kappa shape index (κ1) is 18.3. The predicted octanol–water partition coefficient (Wildman–Crippen LogP) is 3.30. The fourth-order valence-corrected chi connectivity index (χ4v) is 6.30. The second-order valence-electron chi connectivity index (χ2n) is 5.08. The Bertz CT molecular complexity index is 1040. The van der Waals surface area contributed by atoms with Crippen LogP contribution in [-0.2, 0) is 19.7 Å². The summed E-state index contributed by atoms with van der Waals surface area (Å²) in [4.78, 5) is 3.76. The fourth-order valence-electron chi connectivity index (χ4n) is 2.15. The van der Waals surface area contributed by atoms with E-state index in [0.717, 1.165) is 6.20 Å². The van der Waals surface area contributed by atoms with Crippen molar-refractivity contribution >= 4 is 36.1 Å². The number of hydrogen-bond donors (Lipinski definition) is 1. The van der Waals surface area contributed by atoms with Crippen molar-refractivity contribution in [3.05, 3.63) is 82.7 Å². The van der Waals surface area contributed by atoms with Gasteiger partial charge in [-0.1, -0.05) is 36.4 Å². The van der Waals surface area contributed by atoms with Crippen molar-refractivity contribution in [3.8, 4) is 0 Å². The molecule has 0 atom stereocenters. The zero-order valence-electron chi connectivity index (χ0n) is 13.3. The first-order chi connectivity index (χ1) is 12.4. The molecule has 0 bridgehead atoms. The van der Waals surface area contributed by atoms with Crippen LogP contribution in [0.25, 0.3) is 0 Å². The molecule has 134 valence electrons. The molecule has 0 radical (unpaired) electrons. The highest BCUT2D eigenvalue weighted by Gasteiger charge is 2.33. The highest BCUT2D eigenvalue weighted by atomic mass is 32.3. The lowest BCUT2D eigenvalue weighted by molar-refractivity contribution is 0.595. The van der Waals surface area contributed by atoms with Crippen molar-refractivity contribution in [2.24, 2.45) is 0 Å². The molecule has 1 heterocycles. The zero-order valence-corrected chi connectivity index (χ0v) is 15.8. The normalized spacial score (nSPS) is 11.7. The smallest absolute Gasteiger partial charge is 0.219 e. The number of sulfone groups is 2. The van der Waals surface area contributed by atoms with Crippen LogP contribution in [0.2, 0.25) is 0 Å². The molecule has 0 amide bonds. The summed E-state index contributed by atoms with van der Waals surface area (Å²) in [5, 5.41) is 4.73. The van der Waals surface area contributed by atoms with E-state index in [-0.39, 0.29) is 9.79 Å². The second kappa shape index (κ2) is 7.40. The summed E-state index contributed by atoms with van der Waals surface area (Å²) in [6.45, 7) is 0. The molecule has 1 aromatic heterocycles. The van der Waals surface area contributed by atoms with Gasteiger partial charge in [0.15, 0.2) is 9.37 Å². The molecule has 9 heteroatoms. The Balaban J connectivity index is 2.16. The topological polar surface area (TPSA) is 93.2 Å². The number of thiazole rings is 1. The number of aromatic nitrogens is 1. The molecule has 0 fully saturated rings. The monoisotopic (exact) mass is 406 g/mol. The molecular formula is C17H14N2O4S3. The van der Waals surface area contributed by atoms with Gasteiger partial charge in [-0.2, -0.15) is 0 Å². The zero-order chi connectivity index (χ0) is 18.6. The SMILES string of the molecule is O=S(=O)(C(=CNc1nccs1)S(=O)(=O)c1ccccc1)c1ccccc1. The molecule has 3 aromatic rings. The highest BCUT2D eigenvalue weighted by molar-refractivity contribution is 8.14. The van der Waals surface area contributed by atoms with E-state index in [0.29, 0.717) is 5.13 Å². The van der Waals surface area contributed by atoms with E-state index in [2.05, 4.69) is 10.3 Å². The van der Waals surface area contributed by atoms with E-state index in [4.69, 9.17) is 0 Å². The van der Waals surface area contributed by atoms with Gasteiger partial charge in [0, 0.05) is 17.8 Å². The molecule has 0 spiro atoms. The fraction of sp³-hybridized carbons (Fsp3) is 0. The summed E-state index contributed by atoms with van der Waals surface area (Å²) in [6.07, 6.45) is 2.50. The minimum Gasteiger partial charge on any atom is -0.336 e. The van der Waals surface area contributed by atoms with Crippen molar-refractivity contribution < 1.29 is 16.8 Å². The number of nitrogens with zero attached hydrogens (tertiary/aromatic N) is 1. The van der Waals surface area contributed by atoms with Crippen LogP contribution >= 0.6 is 11.3 Å². The maximum absolute atomic E-state index is 13.0. The molecular weight excluding hydrogens is 392 g/mol. The van der Waals surface area contributed by atoms with Gasteiger partial charge < -0.3 is 5.32 Å². The molecule has 0 aliphatic heterocycles. The van der Waals surface area contributed by atoms with Gasteiger partial charge in [0.2, 0.25) is 19.7 Å². The standard InChI is InChI=1S/C17H14N2O4S3/c20-25(21,14-7-3-1-4-8-14)16(13-19-17-18-11-12-24-17)26(22,23)15-9-5-2-6-10-15/h1-13H,(H,18,19). The molecule has 2 aromatic carbocycles. The van der Waals surface area contributed by atoms with Crippen LogP contribution in [0.5, 0.6) is 0 Å². The predicted molar refractivity (Wildman–Crippen MR) is 101 cm³/mol. The molecule has 26 heavy (non-hydrogen) atoms. The van der Waals surface area contributed by atoms with Gasteiger partial charge in [-0.15, -0.1) is 11.3 Å². The Morgan fingerprint density at radius 2 is 1.35 bits per heavy atom. The average molecular weight is 407 g/mol. The van der Waals surface area contributed by atoms with Crippen molar-refractivity contribution in [1.82, 2.24) is 4.98 Å². The average Bonchev–Trinajstić information content (AvgIpc) is 3.16. The van der Waals surface area contributed by atoms with E-state index in [9.17, 15) is 16.8 Å². The first-order valence-corrected chi connectivity index (χ1v) is 11.2. The minimum absolute atomic E-state index is 0.105. The van der Waals surface area contributed by atoms with Crippen molar-refractivity contribution in [1.29, 1.82) is 0 Å². The van der Waals surface area contributed by atoms with Crippen LogP contribution in [0.15, 0.2) is 92.5 Å². The Morgan fingerprint density at radius 1 is 0.846 bits per heavy atom. The van der Waals surface area contributed by atoms with Crippen LogP contribution in [0.1, 0.15) is 0 Å². The summed E-state index contributed by atoms with van der Waals surface area (Å²) in [7, 11) is -8.55. The summed E-state index contributed by atoms with van der Waals surface area (Å²) < 4.78 is 51.3. The number of nitrogens with one attached hydrogen (secondary N) is 1. The Labute approximate surface area is 155 Å². The number of benzene rings is 2. The number of hydrogen-bond acceptors (Lipinski definition) is 7. The number of anilines is 1. The first-order valence-electron chi connectivity index (χ1n) is 7.39.